The normalized spacial score (nSPS) is 22.1. The summed E-state index contributed by atoms with van der Waals surface area (Å²) in [6, 6.07) is 6.49. The van der Waals surface area contributed by atoms with Crippen LogP contribution in [0.15, 0.2) is 29.2 Å². The van der Waals surface area contributed by atoms with Gasteiger partial charge in [0.05, 0.1) is 11.0 Å². The van der Waals surface area contributed by atoms with Crippen molar-refractivity contribution in [2.75, 3.05) is 20.1 Å². The first kappa shape index (κ1) is 15.4. The van der Waals surface area contributed by atoms with Gasteiger partial charge in [-0.2, -0.15) is 0 Å². The van der Waals surface area contributed by atoms with Crippen LogP contribution in [-0.4, -0.2) is 44.6 Å². The number of benzene rings is 1. The second-order valence-electron chi connectivity index (χ2n) is 5.37. The van der Waals surface area contributed by atoms with Crippen molar-refractivity contribution in [3.8, 4) is 0 Å². The van der Waals surface area contributed by atoms with Crippen LogP contribution in [0.3, 0.4) is 0 Å². The van der Waals surface area contributed by atoms with Gasteiger partial charge in [0.25, 0.3) is 0 Å². The fourth-order valence-corrected chi connectivity index (χ4v) is 3.76. The Hall–Kier alpha value is -0.950. The molecule has 2 unspecified atom stereocenters. The summed E-state index contributed by atoms with van der Waals surface area (Å²) in [5.41, 5.74) is 0.638. The minimum Gasteiger partial charge on any atom is -0.388 e. The number of nitrogens with zero attached hydrogens (tertiary/aromatic N) is 1. The number of likely N-dealkylation sites (tertiary alicyclic amines) is 1. The average Bonchev–Trinajstić information content (AvgIpc) is 2.82. The van der Waals surface area contributed by atoms with Crippen LogP contribution in [0.25, 0.3) is 0 Å². The maximum absolute atomic E-state index is 12.3. The molecule has 1 aliphatic heterocycles. The van der Waals surface area contributed by atoms with Crippen molar-refractivity contribution in [2.45, 2.75) is 36.8 Å². The van der Waals surface area contributed by atoms with E-state index in [1.54, 1.807) is 24.3 Å². The highest BCUT2D eigenvalue weighted by Gasteiger charge is 2.25. The van der Waals surface area contributed by atoms with Gasteiger partial charge < -0.3 is 10.0 Å². The molecule has 0 radical (unpaired) electrons. The van der Waals surface area contributed by atoms with Gasteiger partial charge in [0.15, 0.2) is 0 Å². The Bertz CT molecular complexity index is 559. The zero-order valence-electron chi connectivity index (χ0n) is 11.9. The van der Waals surface area contributed by atoms with Crippen LogP contribution in [0.4, 0.5) is 0 Å². The molecule has 5 nitrogen and oxygen atoms in total. The van der Waals surface area contributed by atoms with E-state index in [-0.39, 0.29) is 10.9 Å². The summed E-state index contributed by atoms with van der Waals surface area (Å²) < 4.78 is 27.4. The van der Waals surface area contributed by atoms with Crippen molar-refractivity contribution in [3.63, 3.8) is 0 Å². The first-order chi connectivity index (χ1) is 9.42. The van der Waals surface area contributed by atoms with Crippen molar-refractivity contribution in [1.29, 1.82) is 0 Å². The van der Waals surface area contributed by atoms with Gasteiger partial charge in [0.2, 0.25) is 10.0 Å². The van der Waals surface area contributed by atoms with Crippen molar-refractivity contribution in [3.05, 3.63) is 29.8 Å². The lowest BCUT2D eigenvalue weighted by Crippen LogP contribution is -2.36. The van der Waals surface area contributed by atoms with Crippen molar-refractivity contribution in [1.82, 2.24) is 9.62 Å². The lowest BCUT2D eigenvalue weighted by atomic mass is 10.1. The molecular weight excluding hydrogens is 276 g/mol. The molecule has 112 valence electrons. The van der Waals surface area contributed by atoms with Gasteiger partial charge in [-0.05, 0) is 44.1 Å². The minimum absolute atomic E-state index is 0.0373. The Morgan fingerprint density at radius 1 is 1.50 bits per heavy atom. The number of rotatable bonds is 5. The zero-order chi connectivity index (χ0) is 14.8. The molecule has 1 aromatic rings. The Labute approximate surface area is 120 Å². The van der Waals surface area contributed by atoms with Crippen molar-refractivity contribution < 1.29 is 13.5 Å². The average molecular weight is 298 g/mol. The number of aliphatic hydroxyl groups excluding tert-OH is 1. The molecule has 1 fully saturated rings. The summed E-state index contributed by atoms with van der Waals surface area (Å²) in [7, 11) is -1.54. The van der Waals surface area contributed by atoms with Gasteiger partial charge in [-0.15, -0.1) is 0 Å². The van der Waals surface area contributed by atoms with E-state index in [1.165, 1.54) is 0 Å². The Balaban J connectivity index is 2.17. The summed E-state index contributed by atoms with van der Waals surface area (Å²) in [5.74, 6) is 0. The highest BCUT2D eigenvalue weighted by atomic mass is 32.2. The largest absolute Gasteiger partial charge is 0.388 e. The van der Waals surface area contributed by atoms with Crippen LogP contribution in [0.1, 0.15) is 31.4 Å². The smallest absolute Gasteiger partial charge is 0.240 e. The molecule has 0 spiro atoms. The van der Waals surface area contributed by atoms with Gasteiger partial charge in [0, 0.05) is 12.6 Å². The fourth-order valence-electron chi connectivity index (χ4n) is 2.44. The third-order valence-corrected chi connectivity index (χ3v) is 5.17. The van der Waals surface area contributed by atoms with Gasteiger partial charge >= 0.3 is 0 Å². The van der Waals surface area contributed by atoms with Crippen LogP contribution in [0.2, 0.25) is 0 Å². The van der Waals surface area contributed by atoms with Gasteiger partial charge in [-0.1, -0.05) is 19.1 Å². The maximum atomic E-state index is 12.3. The van der Waals surface area contributed by atoms with E-state index < -0.39 is 16.1 Å². The van der Waals surface area contributed by atoms with E-state index in [4.69, 9.17) is 0 Å². The summed E-state index contributed by atoms with van der Waals surface area (Å²) in [6.07, 6.45) is 0.764. The molecule has 0 bridgehead atoms. The molecule has 1 aromatic carbocycles. The monoisotopic (exact) mass is 298 g/mol. The molecule has 2 N–H and O–H groups in total. The maximum Gasteiger partial charge on any atom is 0.240 e. The van der Waals surface area contributed by atoms with Crippen LogP contribution in [0, 0.1) is 0 Å². The topological polar surface area (TPSA) is 69.6 Å². The summed E-state index contributed by atoms with van der Waals surface area (Å²) >= 11 is 0. The molecule has 0 aliphatic carbocycles. The van der Waals surface area contributed by atoms with Gasteiger partial charge in [-0.3, -0.25) is 0 Å². The Kier molecular flexibility index (Phi) is 4.80. The number of sulfonamides is 1. The molecule has 0 saturated carbocycles. The van der Waals surface area contributed by atoms with E-state index in [0.29, 0.717) is 12.0 Å². The number of aliphatic hydroxyl groups is 1. The molecule has 0 aromatic heterocycles. The quantitative estimate of drug-likeness (QED) is 0.854. The molecule has 1 saturated heterocycles. The molecule has 20 heavy (non-hydrogen) atoms. The standard InChI is InChI=1S/C14H22N2O3S/c1-3-14(17)11-5-4-6-13(9-11)20(18,19)15-12-7-8-16(2)10-12/h4-6,9,12,14-15,17H,3,7-8,10H2,1-2H3. The fraction of sp³-hybridized carbons (Fsp3) is 0.571. The van der Waals surface area contributed by atoms with E-state index in [2.05, 4.69) is 9.62 Å². The third kappa shape index (κ3) is 3.58. The minimum atomic E-state index is -3.52. The molecule has 6 heteroatoms. The first-order valence-corrected chi connectivity index (χ1v) is 8.39. The Morgan fingerprint density at radius 3 is 2.85 bits per heavy atom. The van der Waals surface area contributed by atoms with Crippen LogP contribution >= 0.6 is 0 Å². The summed E-state index contributed by atoms with van der Waals surface area (Å²) in [4.78, 5) is 2.32. The number of nitrogens with one attached hydrogen (secondary N) is 1. The van der Waals surface area contributed by atoms with Crippen LogP contribution in [-0.2, 0) is 10.0 Å². The lowest BCUT2D eigenvalue weighted by Gasteiger charge is -2.15. The molecular formula is C14H22N2O3S. The summed E-state index contributed by atoms with van der Waals surface area (Å²) in [6.45, 7) is 3.50. The van der Waals surface area contributed by atoms with E-state index >= 15 is 0 Å². The molecule has 1 heterocycles. The highest BCUT2D eigenvalue weighted by Crippen LogP contribution is 2.20. The second kappa shape index (κ2) is 6.22. The van der Waals surface area contributed by atoms with Crippen LogP contribution < -0.4 is 4.72 Å². The zero-order valence-corrected chi connectivity index (χ0v) is 12.7. The van der Waals surface area contributed by atoms with Gasteiger partial charge in [-0.25, -0.2) is 13.1 Å². The second-order valence-corrected chi connectivity index (χ2v) is 7.08. The predicted molar refractivity (Wildman–Crippen MR) is 77.9 cm³/mol. The number of likely N-dealkylation sites (N-methyl/N-ethyl adjacent to an activating group) is 1. The van der Waals surface area contributed by atoms with E-state index in [1.807, 2.05) is 14.0 Å². The third-order valence-electron chi connectivity index (χ3n) is 3.65. The molecule has 2 atom stereocenters. The predicted octanol–water partition coefficient (Wildman–Crippen LogP) is 1.11. The lowest BCUT2D eigenvalue weighted by molar-refractivity contribution is 0.173. The molecule has 2 rings (SSSR count). The summed E-state index contributed by atoms with van der Waals surface area (Å²) in [5, 5.41) is 9.82. The SMILES string of the molecule is CCC(O)c1cccc(S(=O)(=O)NC2CCN(C)C2)c1. The van der Waals surface area contributed by atoms with Crippen molar-refractivity contribution >= 4 is 10.0 Å². The Morgan fingerprint density at radius 2 is 2.25 bits per heavy atom. The van der Waals surface area contributed by atoms with E-state index in [9.17, 15) is 13.5 Å². The number of hydrogen-bond donors (Lipinski definition) is 2. The highest BCUT2D eigenvalue weighted by molar-refractivity contribution is 7.89. The molecule has 0 amide bonds. The van der Waals surface area contributed by atoms with Crippen molar-refractivity contribution in [2.24, 2.45) is 0 Å². The van der Waals surface area contributed by atoms with E-state index in [0.717, 1.165) is 19.5 Å². The first-order valence-electron chi connectivity index (χ1n) is 6.91. The van der Waals surface area contributed by atoms with Crippen LogP contribution in [0.5, 0.6) is 0 Å². The number of hydrogen-bond acceptors (Lipinski definition) is 4. The molecule has 1 aliphatic rings. The van der Waals surface area contributed by atoms with Gasteiger partial charge in [0.1, 0.15) is 0 Å².